The number of nitrogens with one attached hydrogen (secondary N) is 1. The first-order chi connectivity index (χ1) is 14.1. The normalized spacial score (nSPS) is 14.5. The number of carbonyl (C=O) groups is 2. The summed E-state index contributed by atoms with van der Waals surface area (Å²) < 4.78 is 5.31. The minimum absolute atomic E-state index is 0.0106. The van der Waals surface area contributed by atoms with E-state index in [0.29, 0.717) is 42.6 Å². The predicted octanol–water partition coefficient (Wildman–Crippen LogP) is 4.30. The van der Waals surface area contributed by atoms with Crippen LogP contribution in [0, 0.1) is 5.92 Å². The molecule has 0 radical (unpaired) electrons. The Morgan fingerprint density at radius 1 is 1.10 bits per heavy atom. The van der Waals surface area contributed by atoms with E-state index >= 15 is 0 Å². The van der Waals surface area contributed by atoms with Crippen molar-refractivity contribution in [1.82, 2.24) is 10.2 Å². The zero-order valence-electron chi connectivity index (χ0n) is 16.7. The molecule has 6 heteroatoms. The minimum atomic E-state index is -0.0106. The fourth-order valence-corrected chi connectivity index (χ4v) is 3.91. The molecule has 29 heavy (non-hydrogen) atoms. The number of nitrogens with zero attached hydrogens (tertiary/aromatic N) is 1. The highest BCUT2D eigenvalue weighted by Crippen LogP contribution is 2.25. The van der Waals surface area contributed by atoms with Gasteiger partial charge >= 0.3 is 0 Å². The van der Waals surface area contributed by atoms with E-state index in [1.54, 1.807) is 19.2 Å². The molecule has 1 heterocycles. The number of ether oxygens (including phenoxy) is 1. The molecular weight excluding hydrogens is 388 g/mol. The minimum Gasteiger partial charge on any atom is -0.496 e. The van der Waals surface area contributed by atoms with Gasteiger partial charge in [0, 0.05) is 31.6 Å². The molecule has 5 nitrogen and oxygen atoms in total. The van der Waals surface area contributed by atoms with Crippen LogP contribution in [0.4, 0.5) is 0 Å². The number of likely N-dealkylation sites (tertiary alicyclic amines) is 1. The smallest absolute Gasteiger partial charge is 0.255 e. The van der Waals surface area contributed by atoms with Crippen LogP contribution in [-0.4, -0.2) is 36.9 Å². The lowest BCUT2D eigenvalue weighted by Crippen LogP contribution is -2.38. The van der Waals surface area contributed by atoms with Crippen molar-refractivity contribution in [3.8, 4) is 5.75 Å². The van der Waals surface area contributed by atoms with E-state index < -0.39 is 0 Å². The molecule has 1 aliphatic rings. The molecule has 1 N–H and O–H groups in total. The number of piperidine rings is 1. The first kappa shape index (κ1) is 21.2. The molecule has 0 bridgehead atoms. The molecule has 0 aromatic heterocycles. The molecule has 2 aromatic rings. The van der Waals surface area contributed by atoms with E-state index in [0.717, 1.165) is 30.6 Å². The van der Waals surface area contributed by atoms with E-state index in [-0.39, 0.29) is 11.8 Å². The van der Waals surface area contributed by atoms with Crippen molar-refractivity contribution in [2.45, 2.75) is 32.2 Å². The van der Waals surface area contributed by atoms with Gasteiger partial charge in [-0.1, -0.05) is 41.9 Å². The van der Waals surface area contributed by atoms with Crippen LogP contribution >= 0.6 is 11.6 Å². The van der Waals surface area contributed by atoms with Crippen molar-refractivity contribution in [3.63, 3.8) is 0 Å². The third-order valence-corrected chi connectivity index (χ3v) is 5.78. The Bertz CT molecular complexity index is 848. The standard InChI is InChI=1S/C23H27ClN2O3/c1-29-21-9-5-2-6-18(21)16-25-22(27)11-10-17-12-14-26(15-13-17)23(28)19-7-3-4-8-20(19)24/h2-9,17H,10-16H2,1H3,(H,25,27). The number of benzene rings is 2. The second kappa shape index (κ2) is 10.3. The molecule has 2 amide bonds. The zero-order valence-corrected chi connectivity index (χ0v) is 17.5. The van der Waals surface area contributed by atoms with Gasteiger partial charge in [0.1, 0.15) is 5.75 Å². The van der Waals surface area contributed by atoms with Gasteiger partial charge in [-0.2, -0.15) is 0 Å². The van der Waals surface area contributed by atoms with E-state index in [1.807, 2.05) is 41.3 Å². The Morgan fingerprint density at radius 3 is 2.52 bits per heavy atom. The largest absolute Gasteiger partial charge is 0.496 e. The molecule has 0 unspecified atom stereocenters. The Kier molecular flexibility index (Phi) is 7.53. The molecule has 2 aromatic carbocycles. The van der Waals surface area contributed by atoms with Crippen LogP contribution in [0.15, 0.2) is 48.5 Å². The van der Waals surface area contributed by atoms with Crippen LogP contribution in [0.1, 0.15) is 41.6 Å². The van der Waals surface area contributed by atoms with Gasteiger partial charge in [0.15, 0.2) is 0 Å². The van der Waals surface area contributed by atoms with E-state index in [9.17, 15) is 9.59 Å². The maximum atomic E-state index is 12.6. The lowest BCUT2D eigenvalue weighted by molar-refractivity contribution is -0.121. The van der Waals surface area contributed by atoms with Gasteiger partial charge in [0.05, 0.1) is 17.7 Å². The average molecular weight is 415 g/mol. The summed E-state index contributed by atoms with van der Waals surface area (Å²) in [6.07, 6.45) is 3.16. The molecule has 154 valence electrons. The Labute approximate surface area is 177 Å². The second-order valence-electron chi connectivity index (χ2n) is 7.34. The molecule has 0 atom stereocenters. The number of para-hydroxylation sites is 1. The molecular formula is C23H27ClN2O3. The number of halogens is 1. The second-order valence-corrected chi connectivity index (χ2v) is 7.75. The number of amides is 2. The molecule has 0 saturated carbocycles. The van der Waals surface area contributed by atoms with Crippen LogP contribution in [0.2, 0.25) is 5.02 Å². The van der Waals surface area contributed by atoms with Gasteiger partial charge in [0.2, 0.25) is 5.91 Å². The third kappa shape index (κ3) is 5.73. The van der Waals surface area contributed by atoms with Gasteiger partial charge in [-0.05, 0) is 43.4 Å². The third-order valence-electron chi connectivity index (χ3n) is 5.45. The number of rotatable bonds is 7. The number of hydrogen-bond acceptors (Lipinski definition) is 3. The first-order valence-electron chi connectivity index (χ1n) is 10.0. The van der Waals surface area contributed by atoms with Crippen LogP contribution in [-0.2, 0) is 11.3 Å². The van der Waals surface area contributed by atoms with Crippen molar-refractivity contribution in [2.75, 3.05) is 20.2 Å². The Balaban J connectivity index is 1.40. The van der Waals surface area contributed by atoms with Crippen molar-refractivity contribution in [1.29, 1.82) is 0 Å². The molecule has 0 aliphatic carbocycles. The summed E-state index contributed by atoms with van der Waals surface area (Å²) in [4.78, 5) is 26.7. The van der Waals surface area contributed by atoms with Gasteiger partial charge < -0.3 is 15.0 Å². The highest BCUT2D eigenvalue weighted by molar-refractivity contribution is 6.33. The summed E-state index contributed by atoms with van der Waals surface area (Å²) in [5.74, 6) is 1.28. The van der Waals surface area contributed by atoms with Crippen LogP contribution < -0.4 is 10.1 Å². The van der Waals surface area contributed by atoms with Crippen LogP contribution in [0.25, 0.3) is 0 Å². The number of carbonyl (C=O) groups excluding carboxylic acids is 2. The average Bonchev–Trinajstić information content (AvgIpc) is 2.76. The van der Waals surface area contributed by atoms with Crippen molar-refractivity contribution < 1.29 is 14.3 Å². The summed E-state index contributed by atoms with van der Waals surface area (Å²) in [6.45, 7) is 1.88. The monoisotopic (exact) mass is 414 g/mol. The van der Waals surface area contributed by atoms with E-state index in [1.165, 1.54) is 0 Å². The molecule has 3 rings (SSSR count). The highest BCUT2D eigenvalue weighted by Gasteiger charge is 2.25. The number of hydrogen-bond donors (Lipinski definition) is 1. The van der Waals surface area contributed by atoms with Crippen molar-refractivity contribution in [3.05, 3.63) is 64.7 Å². The topological polar surface area (TPSA) is 58.6 Å². The first-order valence-corrected chi connectivity index (χ1v) is 10.4. The fourth-order valence-electron chi connectivity index (χ4n) is 3.70. The molecule has 1 aliphatic heterocycles. The van der Waals surface area contributed by atoms with Crippen molar-refractivity contribution in [2.24, 2.45) is 5.92 Å². The maximum Gasteiger partial charge on any atom is 0.255 e. The quantitative estimate of drug-likeness (QED) is 0.734. The lowest BCUT2D eigenvalue weighted by Gasteiger charge is -2.32. The van der Waals surface area contributed by atoms with Gasteiger partial charge in [-0.3, -0.25) is 9.59 Å². The fraction of sp³-hybridized carbons (Fsp3) is 0.391. The Hall–Kier alpha value is -2.53. The number of methoxy groups -OCH3 is 1. The SMILES string of the molecule is COc1ccccc1CNC(=O)CCC1CCN(C(=O)c2ccccc2Cl)CC1. The molecule has 0 spiro atoms. The summed E-state index contributed by atoms with van der Waals surface area (Å²) in [6, 6.07) is 14.8. The van der Waals surface area contributed by atoms with Crippen LogP contribution in [0.3, 0.4) is 0 Å². The summed E-state index contributed by atoms with van der Waals surface area (Å²) in [5, 5.41) is 3.46. The van der Waals surface area contributed by atoms with E-state index in [4.69, 9.17) is 16.3 Å². The van der Waals surface area contributed by atoms with Gasteiger partial charge in [0.25, 0.3) is 5.91 Å². The predicted molar refractivity (Wildman–Crippen MR) is 114 cm³/mol. The molecule has 1 fully saturated rings. The summed E-state index contributed by atoms with van der Waals surface area (Å²) >= 11 is 6.14. The van der Waals surface area contributed by atoms with Gasteiger partial charge in [-0.25, -0.2) is 0 Å². The van der Waals surface area contributed by atoms with Crippen molar-refractivity contribution >= 4 is 23.4 Å². The Morgan fingerprint density at radius 2 is 1.79 bits per heavy atom. The van der Waals surface area contributed by atoms with Gasteiger partial charge in [-0.15, -0.1) is 0 Å². The summed E-state index contributed by atoms with van der Waals surface area (Å²) in [7, 11) is 1.63. The maximum absolute atomic E-state index is 12.6. The lowest BCUT2D eigenvalue weighted by atomic mass is 9.91. The molecule has 1 saturated heterocycles. The zero-order chi connectivity index (χ0) is 20.6. The van der Waals surface area contributed by atoms with Crippen LogP contribution in [0.5, 0.6) is 5.75 Å². The highest BCUT2D eigenvalue weighted by atomic mass is 35.5. The summed E-state index contributed by atoms with van der Waals surface area (Å²) in [5.41, 5.74) is 1.53. The van der Waals surface area contributed by atoms with E-state index in [2.05, 4.69) is 5.32 Å².